The van der Waals surface area contributed by atoms with E-state index >= 15 is 0 Å². The first-order chi connectivity index (χ1) is 9.53. The molecule has 0 bridgehead atoms. The Morgan fingerprint density at radius 1 is 1.40 bits per heavy atom. The molecule has 0 spiro atoms. The largest absolute Gasteiger partial charge is 0.326 e. The molecule has 2 aromatic rings. The van der Waals surface area contributed by atoms with Crippen molar-refractivity contribution in [2.45, 2.75) is 24.9 Å². The van der Waals surface area contributed by atoms with E-state index < -0.39 is 10.0 Å². The van der Waals surface area contributed by atoms with Crippen LogP contribution in [0.2, 0.25) is 0 Å². The Labute approximate surface area is 117 Å². The van der Waals surface area contributed by atoms with Gasteiger partial charge >= 0.3 is 0 Å². The molecule has 2 rings (SSSR count). The third-order valence-corrected chi connectivity index (χ3v) is 4.49. The molecule has 0 atom stereocenters. The Kier molecular flexibility index (Phi) is 4.48. The molecule has 0 aliphatic carbocycles. The van der Waals surface area contributed by atoms with E-state index in [9.17, 15) is 8.42 Å². The quantitative estimate of drug-likeness (QED) is 0.782. The number of hydrogen-bond donors (Lipinski definition) is 2. The van der Waals surface area contributed by atoms with E-state index in [2.05, 4.69) is 15.0 Å². The first-order valence-electron chi connectivity index (χ1n) is 6.16. The van der Waals surface area contributed by atoms with Crippen LogP contribution in [0.4, 0.5) is 0 Å². The third kappa shape index (κ3) is 3.41. The number of benzene rings is 1. The summed E-state index contributed by atoms with van der Waals surface area (Å²) >= 11 is 0. The van der Waals surface area contributed by atoms with Crippen LogP contribution in [0.3, 0.4) is 0 Å². The molecule has 20 heavy (non-hydrogen) atoms. The van der Waals surface area contributed by atoms with Gasteiger partial charge in [0.2, 0.25) is 10.0 Å². The molecular formula is C12H17N5O2S. The van der Waals surface area contributed by atoms with Crippen molar-refractivity contribution < 1.29 is 8.42 Å². The topological polar surface area (TPSA) is 103 Å². The molecule has 0 amide bonds. The maximum absolute atomic E-state index is 12.3. The van der Waals surface area contributed by atoms with Gasteiger partial charge in [0.1, 0.15) is 0 Å². The smallest absolute Gasteiger partial charge is 0.240 e. The fourth-order valence-electron chi connectivity index (χ4n) is 1.79. The fraction of sp³-hybridized carbons (Fsp3) is 0.333. The lowest BCUT2D eigenvalue weighted by molar-refractivity contribution is 0.552. The van der Waals surface area contributed by atoms with Crippen molar-refractivity contribution in [3.05, 3.63) is 41.7 Å². The molecule has 1 heterocycles. The van der Waals surface area contributed by atoms with Gasteiger partial charge in [0.15, 0.2) is 0 Å². The Morgan fingerprint density at radius 3 is 2.85 bits per heavy atom. The zero-order valence-corrected chi connectivity index (χ0v) is 12.0. The molecule has 0 aliphatic rings. The summed E-state index contributed by atoms with van der Waals surface area (Å²) < 4.78 is 28.6. The summed E-state index contributed by atoms with van der Waals surface area (Å²) in [5.41, 5.74) is 7.02. The first-order valence-corrected chi connectivity index (χ1v) is 7.64. The van der Waals surface area contributed by atoms with E-state index in [4.69, 9.17) is 5.73 Å². The molecule has 0 saturated heterocycles. The molecule has 8 heteroatoms. The SMILES string of the molecule is Cc1ccc(CN)cc1S(=O)(=O)NCCn1ccnn1. The molecule has 0 aliphatic heterocycles. The van der Waals surface area contributed by atoms with Gasteiger partial charge in [0.25, 0.3) is 0 Å². The highest BCUT2D eigenvalue weighted by molar-refractivity contribution is 7.89. The molecule has 0 unspecified atom stereocenters. The Morgan fingerprint density at radius 2 is 2.20 bits per heavy atom. The summed E-state index contributed by atoms with van der Waals surface area (Å²) in [7, 11) is -3.54. The van der Waals surface area contributed by atoms with Gasteiger partial charge in [0.05, 0.1) is 17.6 Å². The van der Waals surface area contributed by atoms with Gasteiger partial charge in [-0.05, 0) is 24.1 Å². The number of nitrogens with two attached hydrogens (primary N) is 1. The number of sulfonamides is 1. The van der Waals surface area contributed by atoms with E-state index in [1.54, 1.807) is 36.1 Å². The van der Waals surface area contributed by atoms with Gasteiger partial charge in [-0.25, -0.2) is 13.1 Å². The van der Waals surface area contributed by atoms with Crippen LogP contribution in [-0.4, -0.2) is 30.0 Å². The number of aryl methyl sites for hydroxylation is 1. The van der Waals surface area contributed by atoms with Gasteiger partial charge in [-0.2, -0.15) is 0 Å². The predicted molar refractivity (Wildman–Crippen MR) is 74.3 cm³/mol. The highest BCUT2D eigenvalue weighted by atomic mass is 32.2. The van der Waals surface area contributed by atoms with Crippen LogP contribution in [0.25, 0.3) is 0 Å². The Balaban J connectivity index is 2.09. The summed E-state index contributed by atoms with van der Waals surface area (Å²) in [5.74, 6) is 0. The van der Waals surface area contributed by atoms with Gasteiger partial charge in [-0.1, -0.05) is 17.3 Å². The number of hydrogen-bond acceptors (Lipinski definition) is 5. The average Bonchev–Trinajstić information content (AvgIpc) is 2.92. The maximum atomic E-state index is 12.3. The van der Waals surface area contributed by atoms with E-state index in [1.807, 2.05) is 6.07 Å². The molecule has 7 nitrogen and oxygen atoms in total. The Bertz CT molecular complexity index is 667. The summed E-state index contributed by atoms with van der Waals surface area (Å²) in [6.45, 7) is 2.74. The van der Waals surface area contributed by atoms with Gasteiger partial charge in [0, 0.05) is 19.3 Å². The summed E-state index contributed by atoms with van der Waals surface area (Å²) in [6.07, 6.45) is 3.22. The van der Waals surface area contributed by atoms with Crippen molar-refractivity contribution in [3.63, 3.8) is 0 Å². The van der Waals surface area contributed by atoms with Crippen molar-refractivity contribution in [1.29, 1.82) is 0 Å². The van der Waals surface area contributed by atoms with Crippen molar-refractivity contribution in [1.82, 2.24) is 19.7 Å². The highest BCUT2D eigenvalue weighted by Crippen LogP contribution is 2.16. The zero-order chi connectivity index (χ0) is 14.6. The van der Waals surface area contributed by atoms with E-state index in [1.165, 1.54) is 0 Å². The monoisotopic (exact) mass is 295 g/mol. The third-order valence-electron chi connectivity index (χ3n) is 2.88. The number of rotatable bonds is 6. The second-order valence-electron chi connectivity index (χ2n) is 4.37. The van der Waals surface area contributed by atoms with Crippen LogP contribution in [0.5, 0.6) is 0 Å². The van der Waals surface area contributed by atoms with Crippen molar-refractivity contribution >= 4 is 10.0 Å². The second-order valence-corrected chi connectivity index (χ2v) is 6.10. The standard InChI is InChI=1S/C12H17N5O2S/c1-10-2-3-11(9-13)8-12(10)20(18,19)15-5-7-17-6-4-14-16-17/h2-4,6,8,15H,5,7,9,13H2,1H3. The molecule has 1 aromatic carbocycles. The number of nitrogens with zero attached hydrogens (tertiary/aromatic N) is 3. The molecule has 1 aromatic heterocycles. The lowest BCUT2D eigenvalue weighted by Crippen LogP contribution is -2.28. The molecule has 3 N–H and O–H groups in total. The second kappa shape index (κ2) is 6.12. The van der Waals surface area contributed by atoms with E-state index in [0.29, 0.717) is 18.7 Å². The zero-order valence-electron chi connectivity index (χ0n) is 11.2. The van der Waals surface area contributed by atoms with Gasteiger partial charge in [-0.15, -0.1) is 5.10 Å². The Hall–Kier alpha value is -1.77. The van der Waals surface area contributed by atoms with Crippen molar-refractivity contribution in [2.75, 3.05) is 6.54 Å². The lowest BCUT2D eigenvalue weighted by atomic mass is 10.1. The molecule has 108 valence electrons. The van der Waals surface area contributed by atoms with Crippen molar-refractivity contribution in [3.8, 4) is 0 Å². The van der Waals surface area contributed by atoms with Crippen LogP contribution in [0.15, 0.2) is 35.5 Å². The highest BCUT2D eigenvalue weighted by Gasteiger charge is 2.16. The minimum absolute atomic E-state index is 0.248. The van der Waals surface area contributed by atoms with Gasteiger partial charge < -0.3 is 5.73 Å². The minimum atomic E-state index is -3.54. The molecule has 0 fully saturated rings. The first kappa shape index (κ1) is 14.6. The van der Waals surface area contributed by atoms with E-state index in [-0.39, 0.29) is 11.4 Å². The van der Waals surface area contributed by atoms with Crippen LogP contribution in [0, 0.1) is 6.92 Å². The van der Waals surface area contributed by atoms with Crippen LogP contribution < -0.4 is 10.5 Å². The minimum Gasteiger partial charge on any atom is -0.326 e. The summed E-state index contributed by atoms with van der Waals surface area (Å²) in [5, 5.41) is 7.42. The van der Waals surface area contributed by atoms with Gasteiger partial charge in [-0.3, -0.25) is 4.68 Å². The summed E-state index contributed by atoms with van der Waals surface area (Å²) in [4.78, 5) is 0.263. The molecular weight excluding hydrogens is 278 g/mol. The predicted octanol–water partition coefficient (Wildman–Crippen LogP) is 0.0237. The number of nitrogens with one attached hydrogen (secondary N) is 1. The van der Waals surface area contributed by atoms with Crippen molar-refractivity contribution in [2.24, 2.45) is 5.73 Å². The van der Waals surface area contributed by atoms with Crippen LogP contribution >= 0.6 is 0 Å². The van der Waals surface area contributed by atoms with E-state index in [0.717, 1.165) is 5.56 Å². The maximum Gasteiger partial charge on any atom is 0.240 e. The molecule has 0 radical (unpaired) electrons. The average molecular weight is 295 g/mol. The normalized spacial score (nSPS) is 11.7. The van der Waals surface area contributed by atoms with Crippen LogP contribution in [-0.2, 0) is 23.1 Å². The summed E-state index contributed by atoms with van der Waals surface area (Å²) in [6, 6.07) is 5.19. The number of aromatic nitrogens is 3. The molecule has 0 saturated carbocycles. The fourth-order valence-corrected chi connectivity index (χ4v) is 3.10. The van der Waals surface area contributed by atoms with Crippen LogP contribution in [0.1, 0.15) is 11.1 Å². The lowest BCUT2D eigenvalue weighted by Gasteiger charge is -2.10.